The third-order valence-electron chi connectivity index (χ3n) is 4.80. The van der Waals surface area contributed by atoms with E-state index < -0.39 is 11.2 Å². The topological polar surface area (TPSA) is 98.1 Å². The smallest absolute Gasteiger partial charge is 0.333 e. The highest BCUT2D eigenvalue weighted by molar-refractivity contribution is 6.05. The van der Waals surface area contributed by atoms with Crippen LogP contribution in [0.1, 0.15) is 23.2 Å². The molecule has 0 saturated carbocycles. The predicted octanol–water partition coefficient (Wildman–Crippen LogP) is 0.926. The number of nitrogens with zero attached hydrogens (tertiary/aromatic N) is 2. The van der Waals surface area contributed by atoms with Crippen molar-refractivity contribution in [2.24, 2.45) is 7.05 Å². The molecule has 2 N–H and O–H groups in total. The molecule has 1 saturated heterocycles. The zero-order valence-electron chi connectivity index (χ0n) is 14.9. The van der Waals surface area contributed by atoms with Crippen LogP contribution in [0.25, 0.3) is 16.7 Å². The van der Waals surface area contributed by atoms with Gasteiger partial charge in [0.1, 0.15) is 5.52 Å². The van der Waals surface area contributed by atoms with Gasteiger partial charge in [-0.15, -0.1) is 0 Å². The molecule has 8 nitrogen and oxygen atoms in total. The summed E-state index contributed by atoms with van der Waals surface area (Å²) in [6, 6.07) is 8.67. The summed E-state index contributed by atoms with van der Waals surface area (Å²) in [6.07, 6.45) is 3.47. The second-order valence-corrected chi connectivity index (χ2v) is 6.63. The number of ether oxygens (including phenoxy) is 1. The van der Waals surface area contributed by atoms with Gasteiger partial charge in [-0.05, 0) is 25.0 Å². The lowest BCUT2D eigenvalue weighted by atomic mass is 10.2. The number of aryl methyl sites for hydroxylation is 1. The monoisotopic (exact) mass is 368 g/mol. The molecule has 1 aromatic carbocycles. The molecule has 0 bridgehead atoms. The van der Waals surface area contributed by atoms with Crippen LogP contribution in [-0.2, 0) is 11.8 Å². The number of carbonyl (C=O) groups excluding carboxylic acids is 1. The Morgan fingerprint density at radius 2 is 2.07 bits per heavy atom. The number of benzene rings is 1. The first-order chi connectivity index (χ1) is 13.1. The van der Waals surface area contributed by atoms with Crippen molar-refractivity contribution in [1.29, 1.82) is 0 Å². The summed E-state index contributed by atoms with van der Waals surface area (Å²) >= 11 is 0. The van der Waals surface area contributed by atoms with E-state index in [1.807, 2.05) is 0 Å². The SMILES string of the molecule is Cn1cc(C(=O)NCC2CCCO2)c2[nH]c(=O)n(-c3ccccc3)c(=O)c21. The number of amides is 1. The molecule has 1 atom stereocenters. The molecule has 8 heteroatoms. The zero-order valence-corrected chi connectivity index (χ0v) is 14.9. The summed E-state index contributed by atoms with van der Waals surface area (Å²) in [6.45, 7) is 1.11. The number of aromatic amines is 1. The first-order valence-electron chi connectivity index (χ1n) is 8.86. The van der Waals surface area contributed by atoms with E-state index in [0.29, 0.717) is 18.8 Å². The summed E-state index contributed by atoms with van der Waals surface area (Å²) in [5.74, 6) is -0.344. The standard InChI is InChI=1S/C19H20N4O4/c1-22-11-14(17(24)20-10-13-8-5-9-27-13)15-16(22)18(25)23(19(26)21-15)12-6-3-2-4-7-12/h2-4,6-7,11,13H,5,8-10H2,1H3,(H,20,24)(H,21,26). The van der Waals surface area contributed by atoms with Crippen molar-refractivity contribution >= 4 is 16.9 Å². The number of nitrogens with one attached hydrogen (secondary N) is 2. The van der Waals surface area contributed by atoms with E-state index in [1.165, 1.54) is 0 Å². The molecule has 1 fully saturated rings. The van der Waals surface area contributed by atoms with Crippen LogP contribution in [0, 0.1) is 0 Å². The van der Waals surface area contributed by atoms with Crippen LogP contribution in [0.2, 0.25) is 0 Å². The number of para-hydroxylation sites is 1. The second-order valence-electron chi connectivity index (χ2n) is 6.63. The lowest BCUT2D eigenvalue weighted by Crippen LogP contribution is -2.35. The van der Waals surface area contributed by atoms with E-state index >= 15 is 0 Å². The highest BCUT2D eigenvalue weighted by atomic mass is 16.5. The maximum absolute atomic E-state index is 12.9. The Hall–Kier alpha value is -3.13. The van der Waals surface area contributed by atoms with Gasteiger partial charge in [0.15, 0.2) is 0 Å². The van der Waals surface area contributed by atoms with Gasteiger partial charge in [-0.25, -0.2) is 9.36 Å². The molecule has 0 radical (unpaired) electrons. The van der Waals surface area contributed by atoms with E-state index in [1.54, 1.807) is 48.1 Å². The third-order valence-corrected chi connectivity index (χ3v) is 4.80. The number of aromatic nitrogens is 3. The van der Waals surface area contributed by atoms with Crippen LogP contribution in [0.5, 0.6) is 0 Å². The van der Waals surface area contributed by atoms with Crippen molar-refractivity contribution in [2.75, 3.05) is 13.2 Å². The minimum Gasteiger partial charge on any atom is -0.376 e. The first-order valence-corrected chi connectivity index (χ1v) is 8.86. The fourth-order valence-corrected chi connectivity index (χ4v) is 3.46. The molecule has 27 heavy (non-hydrogen) atoms. The lowest BCUT2D eigenvalue weighted by Gasteiger charge is -2.10. The Balaban J connectivity index is 1.75. The number of rotatable bonds is 4. The van der Waals surface area contributed by atoms with Gasteiger partial charge in [0.25, 0.3) is 11.5 Å². The molecule has 0 aliphatic carbocycles. The quantitative estimate of drug-likeness (QED) is 0.716. The van der Waals surface area contributed by atoms with Crippen molar-refractivity contribution in [3.05, 3.63) is 62.9 Å². The molecular formula is C19H20N4O4. The second kappa shape index (κ2) is 6.88. The lowest BCUT2D eigenvalue weighted by molar-refractivity contribution is 0.0859. The van der Waals surface area contributed by atoms with Crippen LogP contribution >= 0.6 is 0 Å². The number of fused-ring (bicyclic) bond motifs is 1. The number of H-pyrrole nitrogens is 1. The van der Waals surface area contributed by atoms with Gasteiger partial charge in [-0.3, -0.25) is 9.59 Å². The summed E-state index contributed by atoms with van der Waals surface area (Å²) in [5, 5.41) is 2.82. The van der Waals surface area contributed by atoms with E-state index in [4.69, 9.17) is 4.74 Å². The van der Waals surface area contributed by atoms with Gasteiger partial charge < -0.3 is 19.6 Å². The third kappa shape index (κ3) is 3.08. The number of hydrogen-bond acceptors (Lipinski definition) is 4. The highest BCUT2D eigenvalue weighted by Crippen LogP contribution is 2.16. The summed E-state index contributed by atoms with van der Waals surface area (Å²) in [7, 11) is 1.67. The Kier molecular flexibility index (Phi) is 4.41. The van der Waals surface area contributed by atoms with Gasteiger partial charge in [-0.2, -0.15) is 0 Å². The van der Waals surface area contributed by atoms with Gasteiger partial charge in [0.05, 0.1) is 22.9 Å². The van der Waals surface area contributed by atoms with E-state index in [9.17, 15) is 14.4 Å². The molecule has 4 rings (SSSR count). The molecule has 1 amide bonds. The minimum absolute atomic E-state index is 0.0123. The van der Waals surface area contributed by atoms with Crippen molar-refractivity contribution in [3.8, 4) is 5.69 Å². The van der Waals surface area contributed by atoms with Crippen molar-refractivity contribution < 1.29 is 9.53 Å². The molecular weight excluding hydrogens is 348 g/mol. The van der Waals surface area contributed by atoms with Gasteiger partial charge in [-0.1, -0.05) is 18.2 Å². The maximum Gasteiger partial charge on any atom is 0.333 e. The minimum atomic E-state index is -0.585. The van der Waals surface area contributed by atoms with E-state index in [-0.39, 0.29) is 28.6 Å². The normalized spacial score (nSPS) is 16.7. The summed E-state index contributed by atoms with van der Waals surface area (Å²) in [4.78, 5) is 40.8. The summed E-state index contributed by atoms with van der Waals surface area (Å²) < 4.78 is 8.13. The Morgan fingerprint density at radius 1 is 1.30 bits per heavy atom. The van der Waals surface area contributed by atoms with Crippen LogP contribution in [0.3, 0.4) is 0 Å². The van der Waals surface area contributed by atoms with Crippen LogP contribution in [0.15, 0.2) is 46.1 Å². The molecule has 1 unspecified atom stereocenters. The van der Waals surface area contributed by atoms with Crippen molar-refractivity contribution in [1.82, 2.24) is 19.4 Å². The summed E-state index contributed by atoms with van der Waals surface area (Å²) in [5.41, 5.74) is 0.181. The Bertz CT molecular complexity index is 1100. The molecule has 1 aliphatic rings. The van der Waals surface area contributed by atoms with Crippen molar-refractivity contribution in [3.63, 3.8) is 0 Å². The molecule has 1 aliphatic heterocycles. The van der Waals surface area contributed by atoms with Crippen LogP contribution in [-0.4, -0.2) is 39.3 Å². The maximum atomic E-state index is 12.9. The first kappa shape index (κ1) is 17.3. The zero-order chi connectivity index (χ0) is 19.0. The van der Waals surface area contributed by atoms with Gasteiger partial charge >= 0.3 is 5.69 Å². The predicted molar refractivity (Wildman–Crippen MR) is 100 cm³/mol. The molecule has 0 spiro atoms. The van der Waals surface area contributed by atoms with Gasteiger partial charge in [0.2, 0.25) is 0 Å². The molecule has 3 heterocycles. The average Bonchev–Trinajstić information content (AvgIpc) is 3.28. The average molecular weight is 368 g/mol. The van der Waals surface area contributed by atoms with Crippen LogP contribution < -0.4 is 16.6 Å². The molecule has 140 valence electrons. The fraction of sp³-hybridized carbons (Fsp3) is 0.316. The number of carbonyl (C=O) groups is 1. The van der Waals surface area contributed by atoms with Gasteiger partial charge in [0, 0.05) is 26.4 Å². The molecule has 3 aromatic rings. The van der Waals surface area contributed by atoms with E-state index in [2.05, 4.69) is 10.3 Å². The van der Waals surface area contributed by atoms with Crippen molar-refractivity contribution in [2.45, 2.75) is 18.9 Å². The Morgan fingerprint density at radius 3 is 2.78 bits per heavy atom. The fourth-order valence-electron chi connectivity index (χ4n) is 3.46. The Labute approximate surface area is 154 Å². The van der Waals surface area contributed by atoms with Crippen LogP contribution in [0.4, 0.5) is 0 Å². The molecule has 2 aromatic heterocycles. The number of hydrogen-bond donors (Lipinski definition) is 2. The highest BCUT2D eigenvalue weighted by Gasteiger charge is 2.22. The van der Waals surface area contributed by atoms with E-state index in [0.717, 1.165) is 17.4 Å². The largest absolute Gasteiger partial charge is 0.376 e.